The predicted molar refractivity (Wildman–Crippen MR) is 88.6 cm³/mol. The standard InChI is InChI=1S/C16H17BrN2O5/c17-11-3-1-2-4-12(11)19-6-5-10(15(19)21)14(20)18-7-8-24-13(9-18)16(22)23/h1-4,10,13H,5-9H2,(H,22,23)/t10-,13-/m0/s1. The van der Waals surface area contributed by atoms with Crippen molar-refractivity contribution in [2.45, 2.75) is 12.5 Å². The van der Waals surface area contributed by atoms with E-state index >= 15 is 0 Å². The highest BCUT2D eigenvalue weighted by molar-refractivity contribution is 9.10. The van der Waals surface area contributed by atoms with Crippen LogP contribution in [-0.2, 0) is 19.1 Å². The Bertz CT molecular complexity index is 680. The summed E-state index contributed by atoms with van der Waals surface area (Å²) >= 11 is 3.42. The Labute approximate surface area is 147 Å². The minimum absolute atomic E-state index is 0.0209. The van der Waals surface area contributed by atoms with Crippen LogP contribution >= 0.6 is 15.9 Å². The van der Waals surface area contributed by atoms with Crippen molar-refractivity contribution in [3.63, 3.8) is 0 Å². The summed E-state index contributed by atoms with van der Waals surface area (Å²) in [4.78, 5) is 39.4. The topological polar surface area (TPSA) is 87.2 Å². The zero-order chi connectivity index (χ0) is 17.3. The number of morpholine rings is 1. The number of para-hydroxylation sites is 1. The molecular weight excluding hydrogens is 380 g/mol. The molecule has 2 aliphatic rings. The number of carbonyl (C=O) groups excluding carboxylic acids is 2. The minimum atomic E-state index is -1.10. The summed E-state index contributed by atoms with van der Waals surface area (Å²) < 4.78 is 5.92. The molecule has 0 aromatic heterocycles. The number of rotatable bonds is 3. The smallest absolute Gasteiger partial charge is 0.334 e. The van der Waals surface area contributed by atoms with Crippen LogP contribution in [0.2, 0.25) is 0 Å². The van der Waals surface area contributed by atoms with Gasteiger partial charge in [-0.2, -0.15) is 0 Å². The Kier molecular flexibility index (Phi) is 4.86. The normalized spacial score (nSPS) is 24.3. The zero-order valence-electron chi connectivity index (χ0n) is 12.9. The van der Waals surface area contributed by atoms with E-state index in [1.54, 1.807) is 4.90 Å². The second-order valence-corrected chi connectivity index (χ2v) is 6.62. The van der Waals surface area contributed by atoms with Crippen LogP contribution in [0.1, 0.15) is 6.42 Å². The molecule has 2 heterocycles. The van der Waals surface area contributed by atoms with Crippen molar-refractivity contribution in [3.8, 4) is 0 Å². The van der Waals surface area contributed by atoms with Gasteiger partial charge in [0.25, 0.3) is 0 Å². The molecule has 128 valence electrons. The molecule has 7 nitrogen and oxygen atoms in total. The van der Waals surface area contributed by atoms with Crippen LogP contribution in [0, 0.1) is 5.92 Å². The largest absolute Gasteiger partial charge is 0.479 e. The highest BCUT2D eigenvalue weighted by Crippen LogP contribution is 2.32. The van der Waals surface area contributed by atoms with Gasteiger partial charge >= 0.3 is 5.97 Å². The number of carbonyl (C=O) groups is 3. The Morgan fingerprint density at radius 3 is 2.71 bits per heavy atom. The first-order valence-electron chi connectivity index (χ1n) is 7.68. The zero-order valence-corrected chi connectivity index (χ0v) is 14.4. The number of carboxylic acid groups (broad SMARTS) is 1. The van der Waals surface area contributed by atoms with Gasteiger partial charge in [0.15, 0.2) is 6.10 Å². The number of anilines is 1. The van der Waals surface area contributed by atoms with Crippen LogP contribution in [0.5, 0.6) is 0 Å². The van der Waals surface area contributed by atoms with E-state index in [4.69, 9.17) is 9.84 Å². The number of amides is 2. The van der Waals surface area contributed by atoms with E-state index in [0.29, 0.717) is 19.5 Å². The summed E-state index contributed by atoms with van der Waals surface area (Å²) in [6, 6.07) is 7.36. The lowest BCUT2D eigenvalue weighted by Gasteiger charge is -2.32. The van der Waals surface area contributed by atoms with Gasteiger partial charge in [0.2, 0.25) is 11.8 Å². The Morgan fingerprint density at radius 2 is 2.00 bits per heavy atom. The molecule has 1 aromatic rings. The summed E-state index contributed by atoms with van der Waals surface area (Å²) in [7, 11) is 0. The Balaban J connectivity index is 1.72. The van der Waals surface area contributed by atoms with Crippen molar-refractivity contribution in [3.05, 3.63) is 28.7 Å². The molecule has 0 spiro atoms. The third-order valence-corrected chi connectivity index (χ3v) is 4.97. The van der Waals surface area contributed by atoms with Gasteiger partial charge in [-0.15, -0.1) is 0 Å². The summed E-state index contributed by atoms with van der Waals surface area (Å²) in [6.45, 7) is 0.913. The average molecular weight is 397 g/mol. The molecule has 0 saturated carbocycles. The first-order valence-corrected chi connectivity index (χ1v) is 8.47. The molecule has 3 rings (SSSR count). The minimum Gasteiger partial charge on any atom is -0.479 e. The lowest BCUT2D eigenvalue weighted by Crippen LogP contribution is -2.51. The maximum atomic E-state index is 12.7. The van der Waals surface area contributed by atoms with E-state index in [9.17, 15) is 14.4 Å². The maximum absolute atomic E-state index is 12.7. The quantitative estimate of drug-likeness (QED) is 0.773. The first kappa shape index (κ1) is 16.9. The predicted octanol–water partition coefficient (Wildman–Crippen LogP) is 1.11. The summed E-state index contributed by atoms with van der Waals surface area (Å²) in [5, 5.41) is 9.03. The second-order valence-electron chi connectivity index (χ2n) is 5.76. The molecule has 0 bridgehead atoms. The van der Waals surface area contributed by atoms with Crippen LogP contribution in [0.4, 0.5) is 5.69 Å². The van der Waals surface area contributed by atoms with Crippen molar-refractivity contribution < 1.29 is 24.2 Å². The van der Waals surface area contributed by atoms with Crippen LogP contribution < -0.4 is 4.90 Å². The molecule has 1 N–H and O–H groups in total. The van der Waals surface area contributed by atoms with E-state index < -0.39 is 18.0 Å². The van der Waals surface area contributed by atoms with E-state index in [2.05, 4.69) is 15.9 Å². The lowest BCUT2D eigenvalue weighted by atomic mass is 10.1. The number of nitrogens with zero attached hydrogens (tertiary/aromatic N) is 2. The van der Waals surface area contributed by atoms with Gasteiger partial charge in [-0.3, -0.25) is 9.59 Å². The van der Waals surface area contributed by atoms with E-state index in [1.807, 2.05) is 24.3 Å². The highest BCUT2D eigenvalue weighted by atomic mass is 79.9. The van der Waals surface area contributed by atoms with Gasteiger partial charge < -0.3 is 19.6 Å². The molecule has 2 fully saturated rings. The van der Waals surface area contributed by atoms with Gasteiger partial charge in [0, 0.05) is 17.6 Å². The number of carboxylic acids is 1. The Hall–Kier alpha value is -1.93. The third-order valence-electron chi connectivity index (χ3n) is 4.30. The molecule has 1 aromatic carbocycles. The third kappa shape index (κ3) is 3.16. The molecule has 0 aliphatic carbocycles. The van der Waals surface area contributed by atoms with Crippen LogP contribution in [-0.4, -0.2) is 60.1 Å². The highest BCUT2D eigenvalue weighted by Gasteiger charge is 2.41. The van der Waals surface area contributed by atoms with Gasteiger partial charge in [-0.1, -0.05) is 12.1 Å². The fourth-order valence-corrected chi connectivity index (χ4v) is 3.54. The second kappa shape index (κ2) is 6.90. The van der Waals surface area contributed by atoms with Gasteiger partial charge in [0.1, 0.15) is 5.92 Å². The number of aliphatic carboxylic acids is 1. The maximum Gasteiger partial charge on any atom is 0.334 e. The molecule has 0 radical (unpaired) electrons. The molecule has 24 heavy (non-hydrogen) atoms. The fourth-order valence-electron chi connectivity index (χ4n) is 3.04. The number of hydrogen-bond donors (Lipinski definition) is 1. The van der Waals surface area contributed by atoms with Crippen molar-refractivity contribution in [2.24, 2.45) is 5.92 Å². The van der Waals surface area contributed by atoms with Crippen LogP contribution in [0.15, 0.2) is 28.7 Å². The Morgan fingerprint density at radius 1 is 1.25 bits per heavy atom. The number of hydrogen-bond acceptors (Lipinski definition) is 4. The van der Waals surface area contributed by atoms with E-state index in [-0.39, 0.29) is 25.0 Å². The number of halogens is 1. The molecule has 2 saturated heterocycles. The number of ether oxygens (including phenoxy) is 1. The van der Waals surface area contributed by atoms with Crippen molar-refractivity contribution >= 4 is 39.4 Å². The van der Waals surface area contributed by atoms with Gasteiger partial charge in [0.05, 0.1) is 18.8 Å². The average Bonchev–Trinajstić information content (AvgIpc) is 2.96. The molecule has 2 aliphatic heterocycles. The summed E-state index contributed by atoms with van der Waals surface area (Å²) in [6.07, 6.45) is -0.604. The molecule has 2 atom stereocenters. The molecule has 8 heteroatoms. The van der Waals surface area contributed by atoms with Gasteiger partial charge in [-0.25, -0.2) is 4.79 Å². The van der Waals surface area contributed by atoms with Crippen molar-refractivity contribution in [1.29, 1.82) is 0 Å². The molecule has 0 unspecified atom stereocenters. The SMILES string of the molecule is O=C(O)[C@@H]1CN(C(=O)[C@@H]2CCN(c3ccccc3Br)C2=O)CCO1. The van der Waals surface area contributed by atoms with Crippen molar-refractivity contribution in [2.75, 3.05) is 31.1 Å². The van der Waals surface area contributed by atoms with Crippen molar-refractivity contribution in [1.82, 2.24) is 4.90 Å². The lowest BCUT2D eigenvalue weighted by molar-refractivity contribution is -0.160. The molecule has 2 amide bonds. The first-order chi connectivity index (χ1) is 11.5. The van der Waals surface area contributed by atoms with E-state index in [1.165, 1.54) is 4.90 Å². The monoisotopic (exact) mass is 396 g/mol. The van der Waals surface area contributed by atoms with Gasteiger partial charge in [-0.05, 0) is 34.5 Å². The fraction of sp³-hybridized carbons (Fsp3) is 0.438. The molecular formula is C16H17BrN2O5. The van der Waals surface area contributed by atoms with E-state index in [0.717, 1.165) is 10.2 Å². The van der Waals surface area contributed by atoms with Crippen LogP contribution in [0.25, 0.3) is 0 Å². The number of benzene rings is 1. The summed E-state index contributed by atoms with van der Waals surface area (Å²) in [5.41, 5.74) is 0.739. The summed E-state index contributed by atoms with van der Waals surface area (Å²) in [5.74, 6) is -2.42. The van der Waals surface area contributed by atoms with Crippen LogP contribution in [0.3, 0.4) is 0 Å².